The molecular weight excluding hydrogens is 346 g/mol. The van der Waals surface area contributed by atoms with Crippen LogP contribution in [-0.4, -0.2) is 41.8 Å². The van der Waals surface area contributed by atoms with Crippen LogP contribution in [0.3, 0.4) is 0 Å². The van der Waals surface area contributed by atoms with Crippen molar-refractivity contribution in [2.75, 3.05) is 19.8 Å². The Morgan fingerprint density at radius 2 is 1.78 bits per heavy atom. The molecule has 0 aliphatic heterocycles. The molecule has 3 rings (SSSR count). The van der Waals surface area contributed by atoms with Crippen molar-refractivity contribution in [1.82, 2.24) is 15.5 Å². The predicted octanol–water partition coefficient (Wildman–Crippen LogP) is 2.70. The Bertz CT molecular complexity index is 892. The molecular formula is C20H21N3O4. The molecule has 0 atom stereocenters. The minimum Gasteiger partial charge on any atom is -0.493 e. The Balaban J connectivity index is 1.31. The minimum absolute atomic E-state index is 0.105. The van der Waals surface area contributed by atoms with Crippen LogP contribution in [0.5, 0.6) is 5.75 Å². The van der Waals surface area contributed by atoms with Crippen molar-refractivity contribution >= 4 is 22.8 Å². The third-order valence-electron chi connectivity index (χ3n) is 3.86. The molecule has 27 heavy (non-hydrogen) atoms. The number of para-hydroxylation sites is 2. The predicted molar refractivity (Wildman–Crippen MR) is 101 cm³/mol. The molecule has 0 saturated carbocycles. The van der Waals surface area contributed by atoms with E-state index in [1.54, 1.807) is 0 Å². The van der Waals surface area contributed by atoms with Crippen LogP contribution >= 0.6 is 0 Å². The van der Waals surface area contributed by atoms with E-state index in [1.807, 2.05) is 54.6 Å². The molecule has 0 unspecified atom stereocenters. The van der Waals surface area contributed by atoms with Gasteiger partial charge in [0, 0.05) is 18.4 Å². The minimum atomic E-state index is -0.359. The van der Waals surface area contributed by atoms with Gasteiger partial charge in [0.15, 0.2) is 5.69 Å². The summed E-state index contributed by atoms with van der Waals surface area (Å²) in [5.41, 5.74) is 1.11. The van der Waals surface area contributed by atoms with Crippen molar-refractivity contribution in [2.24, 2.45) is 0 Å². The first kappa shape index (κ1) is 18.4. The number of carbonyl (C=O) groups is 2. The number of esters is 1. The van der Waals surface area contributed by atoms with Crippen LogP contribution in [0.15, 0.2) is 54.6 Å². The fourth-order valence-corrected chi connectivity index (χ4v) is 2.52. The highest BCUT2D eigenvalue weighted by Crippen LogP contribution is 2.14. The largest absolute Gasteiger partial charge is 0.493 e. The smallest absolute Gasteiger partial charge is 0.307 e. The zero-order chi connectivity index (χ0) is 18.9. The molecule has 1 aromatic heterocycles. The lowest BCUT2D eigenvalue weighted by molar-refractivity contribution is -0.143. The second-order valence-corrected chi connectivity index (χ2v) is 5.86. The van der Waals surface area contributed by atoms with Crippen molar-refractivity contribution in [3.8, 4) is 5.75 Å². The van der Waals surface area contributed by atoms with E-state index in [2.05, 4.69) is 15.5 Å². The molecule has 1 amide bonds. The van der Waals surface area contributed by atoms with Gasteiger partial charge in [-0.05, 0) is 18.2 Å². The molecule has 7 heteroatoms. The SMILES string of the molecule is O=C(CCNC(=O)c1n[nH]c2ccccc12)OCCCOc1ccccc1. The summed E-state index contributed by atoms with van der Waals surface area (Å²) in [6.45, 7) is 0.948. The van der Waals surface area contributed by atoms with Crippen molar-refractivity contribution in [2.45, 2.75) is 12.8 Å². The van der Waals surface area contributed by atoms with Crippen LogP contribution in [0.4, 0.5) is 0 Å². The molecule has 0 spiro atoms. The van der Waals surface area contributed by atoms with Gasteiger partial charge < -0.3 is 14.8 Å². The van der Waals surface area contributed by atoms with E-state index < -0.39 is 0 Å². The second kappa shape index (κ2) is 9.38. The summed E-state index contributed by atoms with van der Waals surface area (Å²) in [6, 6.07) is 16.8. The van der Waals surface area contributed by atoms with E-state index in [-0.39, 0.29) is 31.4 Å². The summed E-state index contributed by atoms with van der Waals surface area (Å²) in [6.07, 6.45) is 0.708. The van der Waals surface area contributed by atoms with Crippen molar-refractivity contribution in [3.05, 3.63) is 60.3 Å². The summed E-state index contributed by atoms with van der Waals surface area (Å²) in [5.74, 6) is 0.107. The standard InChI is InChI=1S/C20H21N3O4/c24-18(27-14-6-13-26-15-7-2-1-3-8-15)11-12-21-20(25)19-16-9-4-5-10-17(16)22-23-19/h1-5,7-10H,6,11-14H2,(H,21,25)(H,22,23). The molecule has 0 aliphatic rings. The maximum Gasteiger partial charge on any atom is 0.307 e. The number of H-pyrrole nitrogens is 1. The highest BCUT2D eigenvalue weighted by Gasteiger charge is 2.13. The van der Waals surface area contributed by atoms with E-state index in [9.17, 15) is 9.59 Å². The molecule has 140 valence electrons. The van der Waals surface area contributed by atoms with Gasteiger partial charge in [-0.3, -0.25) is 14.7 Å². The summed E-state index contributed by atoms with van der Waals surface area (Å²) in [5, 5.41) is 10.3. The van der Waals surface area contributed by atoms with E-state index in [0.29, 0.717) is 18.7 Å². The maximum absolute atomic E-state index is 12.2. The average molecular weight is 367 g/mol. The van der Waals surface area contributed by atoms with Crippen LogP contribution in [-0.2, 0) is 9.53 Å². The summed E-state index contributed by atoms with van der Waals surface area (Å²) >= 11 is 0. The number of nitrogens with zero attached hydrogens (tertiary/aromatic N) is 1. The molecule has 2 aromatic carbocycles. The third kappa shape index (κ3) is 5.31. The van der Waals surface area contributed by atoms with Gasteiger partial charge in [-0.1, -0.05) is 36.4 Å². The van der Waals surface area contributed by atoms with E-state index in [1.165, 1.54) is 0 Å². The summed E-state index contributed by atoms with van der Waals surface area (Å²) < 4.78 is 10.6. The Morgan fingerprint density at radius 1 is 1.00 bits per heavy atom. The number of nitrogens with one attached hydrogen (secondary N) is 2. The topological polar surface area (TPSA) is 93.3 Å². The Kier molecular flexibility index (Phi) is 6.40. The first-order valence-electron chi connectivity index (χ1n) is 8.79. The molecule has 0 fully saturated rings. The summed E-state index contributed by atoms with van der Waals surface area (Å²) in [7, 11) is 0. The fraction of sp³-hybridized carbons (Fsp3) is 0.250. The van der Waals surface area contributed by atoms with Crippen LogP contribution in [0.1, 0.15) is 23.3 Å². The molecule has 1 heterocycles. The lowest BCUT2D eigenvalue weighted by Gasteiger charge is -2.07. The molecule has 3 aromatic rings. The normalized spacial score (nSPS) is 10.5. The van der Waals surface area contributed by atoms with Gasteiger partial charge in [0.25, 0.3) is 5.91 Å². The Morgan fingerprint density at radius 3 is 2.63 bits per heavy atom. The van der Waals surface area contributed by atoms with Crippen molar-refractivity contribution in [3.63, 3.8) is 0 Å². The third-order valence-corrected chi connectivity index (χ3v) is 3.86. The van der Waals surface area contributed by atoms with E-state index in [4.69, 9.17) is 9.47 Å². The number of benzene rings is 2. The molecule has 0 saturated heterocycles. The van der Waals surface area contributed by atoms with Crippen LogP contribution < -0.4 is 10.1 Å². The number of carbonyl (C=O) groups excluding carboxylic acids is 2. The highest BCUT2D eigenvalue weighted by atomic mass is 16.5. The second-order valence-electron chi connectivity index (χ2n) is 5.86. The number of rotatable bonds is 9. The lowest BCUT2D eigenvalue weighted by Crippen LogP contribution is -2.27. The maximum atomic E-state index is 12.2. The highest BCUT2D eigenvalue weighted by molar-refractivity contribution is 6.04. The van der Waals surface area contributed by atoms with Gasteiger partial charge in [-0.25, -0.2) is 0 Å². The zero-order valence-electron chi connectivity index (χ0n) is 14.8. The number of hydrogen-bond donors (Lipinski definition) is 2. The lowest BCUT2D eigenvalue weighted by atomic mass is 10.2. The molecule has 7 nitrogen and oxygen atoms in total. The molecule has 0 aliphatic carbocycles. The van der Waals surface area contributed by atoms with E-state index >= 15 is 0 Å². The van der Waals surface area contributed by atoms with Gasteiger partial charge in [0.2, 0.25) is 0 Å². The number of hydrogen-bond acceptors (Lipinski definition) is 5. The zero-order valence-corrected chi connectivity index (χ0v) is 14.8. The number of amides is 1. The Labute approximate surface area is 156 Å². The summed E-state index contributed by atoms with van der Waals surface area (Å²) in [4.78, 5) is 23.9. The quantitative estimate of drug-likeness (QED) is 0.448. The van der Waals surface area contributed by atoms with Crippen molar-refractivity contribution in [1.29, 1.82) is 0 Å². The number of ether oxygens (including phenoxy) is 2. The number of fused-ring (bicyclic) bond motifs is 1. The van der Waals surface area contributed by atoms with E-state index in [0.717, 1.165) is 16.7 Å². The van der Waals surface area contributed by atoms with Crippen LogP contribution in [0, 0.1) is 0 Å². The van der Waals surface area contributed by atoms with Gasteiger partial charge in [0.1, 0.15) is 5.75 Å². The van der Waals surface area contributed by atoms with Gasteiger partial charge in [-0.15, -0.1) is 0 Å². The molecule has 0 bridgehead atoms. The number of aromatic amines is 1. The number of aromatic nitrogens is 2. The van der Waals surface area contributed by atoms with Crippen molar-refractivity contribution < 1.29 is 19.1 Å². The fourth-order valence-electron chi connectivity index (χ4n) is 2.52. The average Bonchev–Trinajstić information content (AvgIpc) is 3.13. The van der Waals surface area contributed by atoms with Crippen LogP contribution in [0.2, 0.25) is 0 Å². The van der Waals surface area contributed by atoms with Gasteiger partial charge >= 0.3 is 5.97 Å². The Hall–Kier alpha value is -3.35. The molecule has 0 radical (unpaired) electrons. The first-order valence-corrected chi connectivity index (χ1v) is 8.79. The van der Waals surface area contributed by atoms with Crippen LogP contribution in [0.25, 0.3) is 10.9 Å². The van der Waals surface area contributed by atoms with Gasteiger partial charge in [0.05, 0.1) is 25.2 Å². The monoisotopic (exact) mass is 367 g/mol. The van der Waals surface area contributed by atoms with Gasteiger partial charge in [-0.2, -0.15) is 5.10 Å². The molecule has 2 N–H and O–H groups in total. The first-order chi connectivity index (χ1) is 13.2.